The summed E-state index contributed by atoms with van der Waals surface area (Å²) in [5.74, 6) is 0.608. The van der Waals surface area contributed by atoms with Gasteiger partial charge in [-0.05, 0) is 49.6 Å². The van der Waals surface area contributed by atoms with Gasteiger partial charge in [0.05, 0.1) is 0 Å². The molecule has 2 aromatic rings. The maximum absolute atomic E-state index is 11.0. The fourth-order valence-electron chi connectivity index (χ4n) is 3.47. The number of nitrogens with zero attached hydrogens (tertiary/aromatic N) is 1. The Morgan fingerprint density at radius 1 is 1.20 bits per heavy atom. The summed E-state index contributed by atoms with van der Waals surface area (Å²) in [5, 5.41) is 6.18. The van der Waals surface area contributed by atoms with Crippen molar-refractivity contribution < 1.29 is 4.79 Å². The number of likely N-dealkylation sites (tertiary alicyclic amines) is 1. The molecule has 0 aromatic heterocycles. The van der Waals surface area contributed by atoms with E-state index in [0.29, 0.717) is 17.6 Å². The lowest BCUT2D eigenvalue weighted by molar-refractivity contribution is 0.259. The van der Waals surface area contributed by atoms with Gasteiger partial charge in [0, 0.05) is 30.5 Å². The highest BCUT2D eigenvalue weighted by atomic mass is 16.2. The van der Waals surface area contributed by atoms with E-state index >= 15 is 0 Å². The summed E-state index contributed by atoms with van der Waals surface area (Å²) in [6.07, 6.45) is 1.19. The number of hydrogen-bond acceptors (Lipinski definition) is 3. The number of nitrogens with one attached hydrogen (secondary N) is 2. The molecule has 0 spiro atoms. The lowest BCUT2D eigenvalue weighted by Gasteiger charge is -2.23. The molecule has 132 valence electrons. The highest BCUT2D eigenvalue weighted by Gasteiger charge is 2.26. The van der Waals surface area contributed by atoms with Crippen LogP contribution in [-0.4, -0.2) is 30.1 Å². The number of carbonyl (C=O) groups is 1. The Morgan fingerprint density at radius 3 is 2.72 bits per heavy atom. The monoisotopic (exact) mass is 338 g/mol. The highest BCUT2D eigenvalue weighted by Crippen LogP contribution is 2.25. The minimum Gasteiger partial charge on any atom is -0.382 e. The third kappa shape index (κ3) is 4.97. The Hall–Kier alpha value is -2.53. The molecule has 2 aromatic carbocycles. The average Bonchev–Trinajstić information content (AvgIpc) is 3.04. The molecule has 3 rings (SSSR count). The van der Waals surface area contributed by atoms with Crippen molar-refractivity contribution in [2.24, 2.45) is 11.7 Å². The molecule has 2 atom stereocenters. The quantitative estimate of drug-likeness (QED) is 0.755. The van der Waals surface area contributed by atoms with E-state index in [0.717, 1.165) is 25.3 Å². The smallest absolute Gasteiger partial charge is 0.316 e. The van der Waals surface area contributed by atoms with Crippen molar-refractivity contribution in [1.82, 2.24) is 4.90 Å². The number of primary amides is 1. The molecule has 5 nitrogen and oxygen atoms in total. The van der Waals surface area contributed by atoms with Gasteiger partial charge in [-0.3, -0.25) is 4.90 Å². The second kappa shape index (κ2) is 8.03. The van der Waals surface area contributed by atoms with Crippen LogP contribution in [0.5, 0.6) is 0 Å². The van der Waals surface area contributed by atoms with Crippen molar-refractivity contribution in [3.63, 3.8) is 0 Å². The van der Waals surface area contributed by atoms with Gasteiger partial charge in [-0.2, -0.15) is 0 Å². The zero-order chi connectivity index (χ0) is 17.6. The first-order valence-corrected chi connectivity index (χ1v) is 8.79. The molecule has 1 fully saturated rings. The second-order valence-corrected chi connectivity index (χ2v) is 6.77. The fraction of sp³-hybridized carbons (Fsp3) is 0.350. The van der Waals surface area contributed by atoms with Crippen LogP contribution < -0.4 is 16.4 Å². The van der Waals surface area contributed by atoms with E-state index in [1.165, 1.54) is 12.0 Å². The topological polar surface area (TPSA) is 70.4 Å². The number of anilines is 2. The maximum Gasteiger partial charge on any atom is 0.316 e. The maximum atomic E-state index is 11.0. The molecule has 0 saturated carbocycles. The average molecular weight is 338 g/mol. The molecule has 1 aliphatic heterocycles. The zero-order valence-electron chi connectivity index (χ0n) is 14.6. The third-order valence-electron chi connectivity index (χ3n) is 4.79. The van der Waals surface area contributed by atoms with Crippen LogP contribution in [0.1, 0.15) is 18.9 Å². The molecule has 0 aliphatic carbocycles. The number of benzene rings is 2. The van der Waals surface area contributed by atoms with E-state index in [-0.39, 0.29) is 0 Å². The molecule has 2 unspecified atom stereocenters. The minimum atomic E-state index is -0.544. The van der Waals surface area contributed by atoms with Crippen molar-refractivity contribution in [1.29, 1.82) is 0 Å². The van der Waals surface area contributed by atoms with Gasteiger partial charge in [0.2, 0.25) is 0 Å². The van der Waals surface area contributed by atoms with Gasteiger partial charge in [0.25, 0.3) is 0 Å². The Bertz CT molecular complexity index is 704. The van der Waals surface area contributed by atoms with Crippen LogP contribution in [-0.2, 0) is 6.54 Å². The van der Waals surface area contributed by atoms with Gasteiger partial charge in [-0.15, -0.1) is 0 Å². The van der Waals surface area contributed by atoms with Gasteiger partial charge >= 0.3 is 6.03 Å². The molecule has 5 heteroatoms. The van der Waals surface area contributed by atoms with Crippen LogP contribution >= 0.6 is 0 Å². The van der Waals surface area contributed by atoms with E-state index in [2.05, 4.69) is 52.8 Å². The van der Waals surface area contributed by atoms with Crippen molar-refractivity contribution >= 4 is 17.4 Å². The fourth-order valence-corrected chi connectivity index (χ4v) is 3.47. The van der Waals surface area contributed by atoms with Crippen LogP contribution in [0.3, 0.4) is 0 Å². The van der Waals surface area contributed by atoms with Crippen LogP contribution in [0, 0.1) is 5.92 Å². The summed E-state index contributed by atoms with van der Waals surface area (Å²) in [5.41, 5.74) is 8.26. The third-order valence-corrected chi connectivity index (χ3v) is 4.79. The van der Waals surface area contributed by atoms with Gasteiger partial charge < -0.3 is 16.4 Å². The van der Waals surface area contributed by atoms with E-state index in [1.54, 1.807) is 0 Å². The Morgan fingerprint density at radius 2 is 1.96 bits per heavy atom. The summed E-state index contributed by atoms with van der Waals surface area (Å²) >= 11 is 0. The number of nitrogens with two attached hydrogens (primary N) is 1. The van der Waals surface area contributed by atoms with E-state index in [4.69, 9.17) is 5.73 Å². The summed E-state index contributed by atoms with van der Waals surface area (Å²) in [6.45, 7) is 5.48. The molecule has 4 N–H and O–H groups in total. The molecule has 25 heavy (non-hydrogen) atoms. The summed E-state index contributed by atoms with van der Waals surface area (Å²) in [6, 6.07) is 18.1. The predicted molar refractivity (Wildman–Crippen MR) is 103 cm³/mol. The Balaban J connectivity index is 1.54. The van der Waals surface area contributed by atoms with Crippen LogP contribution in [0.15, 0.2) is 54.6 Å². The first-order valence-electron chi connectivity index (χ1n) is 8.79. The summed E-state index contributed by atoms with van der Waals surface area (Å²) in [7, 11) is 0. The van der Waals surface area contributed by atoms with Crippen molar-refractivity contribution in [3.8, 4) is 0 Å². The van der Waals surface area contributed by atoms with Gasteiger partial charge in [0.15, 0.2) is 0 Å². The van der Waals surface area contributed by atoms with Gasteiger partial charge in [-0.25, -0.2) is 4.79 Å². The molecule has 1 heterocycles. The standard InChI is InChI=1S/C20H26N4O/c1-15(22-18-8-5-9-19(12-18)23-20(21)25)17-10-11-24(14-17)13-16-6-3-2-4-7-16/h2-9,12,15,17,22H,10-11,13-14H2,1H3,(H3,21,23,25). The highest BCUT2D eigenvalue weighted by molar-refractivity contribution is 5.88. The second-order valence-electron chi connectivity index (χ2n) is 6.77. The van der Waals surface area contributed by atoms with Crippen molar-refractivity contribution in [2.75, 3.05) is 23.7 Å². The first-order chi connectivity index (χ1) is 12.1. The Kier molecular flexibility index (Phi) is 5.56. The minimum absolute atomic E-state index is 0.365. The number of urea groups is 1. The number of hydrogen-bond donors (Lipinski definition) is 3. The largest absolute Gasteiger partial charge is 0.382 e. The number of carbonyl (C=O) groups excluding carboxylic acids is 1. The van der Waals surface area contributed by atoms with E-state index in [9.17, 15) is 4.79 Å². The van der Waals surface area contributed by atoms with Crippen LogP contribution in [0.4, 0.5) is 16.2 Å². The predicted octanol–water partition coefficient (Wildman–Crippen LogP) is 3.50. The van der Waals surface area contributed by atoms with Crippen molar-refractivity contribution in [3.05, 3.63) is 60.2 Å². The normalized spacial score (nSPS) is 18.7. The zero-order valence-corrected chi connectivity index (χ0v) is 14.6. The van der Waals surface area contributed by atoms with E-state index in [1.807, 2.05) is 24.3 Å². The number of rotatable bonds is 6. The van der Waals surface area contributed by atoms with Crippen LogP contribution in [0.2, 0.25) is 0 Å². The van der Waals surface area contributed by atoms with Gasteiger partial charge in [-0.1, -0.05) is 36.4 Å². The molecule has 1 saturated heterocycles. The Labute approximate surface area is 149 Å². The van der Waals surface area contributed by atoms with E-state index < -0.39 is 6.03 Å². The summed E-state index contributed by atoms with van der Waals surface area (Å²) in [4.78, 5) is 13.5. The molecular formula is C20H26N4O. The molecular weight excluding hydrogens is 312 g/mol. The lowest BCUT2D eigenvalue weighted by atomic mass is 10.0. The van der Waals surface area contributed by atoms with Gasteiger partial charge in [0.1, 0.15) is 0 Å². The van der Waals surface area contributed by atoms with Crippen molar-refractivity contribution in [2.45, 2.75) is 25.9 Å². The SMILES string of the molecule is CC(Nc1cccc(NC(N)=O)c1)C1CCN(Cc2ccccc2)C1. The summed E-state index contributed by atoms with van der Waals surface area (Å²) < 4.78 is 0. The molecule has 2 amide bonds. The molecule has 1 aliphatic rings. The molecule has 0 radical (unpaired) electrons. The van der Waals surface area contributed by atoms with Crippen LogP contribution in [0.25, 0.3) is 0 Å². The number of amides is 2. The first kappa shape index (κ1) is 17.3. The lowest BCUT2D eigenvalue weighted by Crippen LogP contribution is -2.29. The molecule has 0 bridgehead atoms.